The summed E-state index contributed by atoms with van der Waals surface area (Å²) in [6.45, 7) is 0.903. The van der Waals surface area contributed by atoms with Crippen LogP contribution in [0.3, 0.4) is 0 Å². The van der Waals surface area contributed by atoms with Gasteiger partial charge in [0.2, 0.25) is 5.91 Å². The molecule has 2 aliphatic rings. The van der Waals surface area contributed by atoms with Crippen LogP contribution in [0.2, 0.25) is 0 Å². The average molecular weight is 286 g/mol. The summed E-state index contributed by atoms with van der Waals surface area (Å²) in [7, 11) is 0. The lowest BCUT2D eigenvalue weighted by Gasteiger charge is -2.31. The largest absolute Gasteiger partial charge is 0.336 e. The van der Waals surface area contributed by atoms with E-state index in [0.29, 0.717) is 18.2 Å². The smallest absolute Gasteiger partial charge is 0.223 e. The van der Waals surface area contributed by atoms with E-state index in [1.807, 2.05) is 6.07 Å². The zero-order chi connectivity index (χ0) is 14.7. The summed E-state index contributed by atoms with van der Waals surface area (Å²) >= 11 is 0. The number of hydrogen-bond donors (Lipinski definition) is 1. The van der Waals surface area contributed by atoms with Gasteiger partial charge in [0.05, 0.1) is 6.04 Å². The maximum absolute atomic E-state index is 12.7. The van der Waals surface area contributed by atoms with E-state index in [9.17, 15) is 4.79 Å². The number of nitrogens with zero attached hydrogens (tertiary/aromatic N) is 1. The first-order chi connectivity index (χ1) is 10.3. The highest BCUT2D eigenvalue weighted by molar-refractivity contribution is 5.77. The standard InChI is InChI=1S/C18H26N2O/c19-16-10-5-4-9-15(16)13-18(21)20-12-6-11-17(20)14-7-2-1-3-8-14/h1-3,7-8,15-17H,4-6,9-13,19H2. The molecule has 3 heteroatoms. The lowest BCUT2D eigenvalue weighted by atomic mass is 9.82. The second kappa shape index (κ2) is 6.61. The average Bonchev–Trinajstić information content (AvgIpc) is 3.00. The van der Waals surface area contributed by atoms with Gasteiger partial charge in [-0.05, 0) is 37.2 Å². The summed E-state index contributed by atoms with van der Waals surface area (Å²) < 4.78 is 0. The Kier molecular flexibility index (Phi) is 4.59. The van der Waals surface area contributed by atoms with Crippen molar-refractivity contribution in [1.82, 2.24) is 4.90 Å². The van der Waals surface area contributed by atoms with Crippen molar-refractivity contribution in [3.63, 3.8) is 0 Å². The lowest BCUT2D eigenvalue weighted by Crippen LogP contribution is -2.38. The molecule has 0 bridgehead atoms. The molecule has 3 nitrogen and oxygen atoms in total. The summed E-state index contributed by atoms with van der Waals surface area (Å²) in [6, 6.07) is 10.9. The minimum absolute atomic E-state index is 0.223. The number of carbonyl (C=O) groups excluding carboxylic acids is 1. The molecule has 1 aliphatic heterocycles. The van der Waals surface area contributed by atoms with Gasteiger partial charge in [0, 0.05) is 19.0 Å². The molecular weight excluding hydrogens is 260 g/mol. The zero-order valence-corrected chi connectivity index (χ0v) is 12.7. The molecule has 1 aromatic carbocycles. The van der Waals surface area contributed by atoms with E-state index in [1.165, 1.54) is 18.4 Å². The first-order valence-electron chi connectivity index (χ1n) is 8.35. The molecule has 114 valence electrons. The van der Waals surface area contributed by atoms with Crippen molar-refractivity contribution in [2.24, 2.45) is 11.7 Å². The number of amides is 1. The second-order valence-corrected chi connectivity index (χ2v) is 6.57. The van der Waals surface area contributed by atoms with Crippen LogP contribution in [0.1, 0.15) is 56.6 Å². The quantitative estimate of drug-likeness (QED) is 0.927. The van der Waals surface area contributed by atoms with Gasteiger partial charge in [-0.3, -0.25) is 4.79 Å². The van der Waals surface area contributed by atoms with Crippen molar-refractivity contribution in [1.29, 1.82) is 0 Å². The summed E-state index contributed by atoms with van der Waals surface area (Å²) in [4.78, 5) is 14.8. The normalized spacial score (nSPS) is 29.6. The van der Waals surface area contributed by atoms with Crippen LogP contribution in [0.25, 0.3) is 0 Å². The molecule has 3 rings (SSSR count). The summed E-state index contributed by atoms with van der Waals surface area (Å²) in [6.07, 6.45) is 7.51. The van der Waals surface area contributed by atoms with Gasteiger partial charge >= 0.3 is 0 Å². The fourth-order valence-corrected chi connectivity index (χ4v) is 3.92. The van der Waals surface area contributed by atoms with Crippen LogP contribution in [0.15, 0.2) is 30.3 Å². The van der Waals surface area contributed by atoms with Gasteiger partial charge in [0.25, 0.3) is 0 Å². The van der Waals surface area contributed by atoms with Gasteiger partial charge in [-0.25, -0.2) is 0 Å². The molecule has 0 spiro atoms. The number of hydrogen-bond acceptors (Lipinski definition) is 2. The third-order valence-electron chi connectivity index (χ3n) is 5.16. The zero-order valence-electron chi connectivity index (χ0n) is 12.7. The van der Waals surface area contributed by atoms with Crippen molar-refractivity contribution >= 4 is 5.91 Å². The van der Waals surface area contributed by atoms with Gasteiger partial charge in [-0.2, -0.15) is 0 Å². The first kappa shape index (κ1) is 14.6. The van der Waals surface area contributed by atoms with E-state index in [1.54, 1.807) is 0 Å². The van der Waals surface area contributed by atoms with E-state index in [4.69, 9.17) is 5.73 Å². The SMILES string of the molecule is NC1CCCCC1CC(=O)N1CCCC1c1ccccc1. The number of carbonyl (C=O) groups is 1. The van der Waals surface area contributed by atoms with E-state index >= 15 is 0 Å². The molecule has 1 aromatic rings. The van der Waals surface area contributed by atoms with Crippen molar-refractivity contribution in [2.45, 2.75) is 57.0 Å². The molecule has 1 aliphatic carbocycles. The predicted molar refractivity (Wildman–Crippen MR) is 84.7 cm³/mol. The van der Waals surface area contributed by atoms with Gasteiger partial charge < -0.3 is 10.6 Å². The Morgan fingerprint density at radius 2 is 1.86 bits per heavy atom. The van der Waals surface area contributed by atoms with Gasteiger partial charge in [0.1, 0.15) is 0 Å². The minimum atomic E-state index is 0.223. The van der Waals surface area contributed by atoms with Gasteiger partial charge in [0.15, 0.2) is 0 Å². The minimum Gasteiger partial charge on any atom is -0.336 e. The topological polar surface area (TPSA) is 46.3 Å². The van der Waals surface area contributed by atoms with Crippen LogP contribution >= 0.6 is 0 Å². The van der Waals surface area contributed by atoms with E-state index in [-0.39, 0.29) is 12.1 Å². The van der Waals surface area contributed by atoms with Crippen LogP contribution in [0, 0.1) is 5.92 Å². The Balaban J connectivity index is 1.66. The Hall–Kier alpha value is -1.35. The number of rotatable bonds is 3. The van der Waals surface area contributed by atoms with Crippen LogP contribution < -0.4 is 5.73 Å². The summed E-state index contributed by atoms with van der Waals surface area (Å²) in [5.74, 6) is 0.701. The Morgan fingerprint density at radius 1 is 1.10 bits per heavy atom. The van der Waals surface area contributed by atoms with Crippen LogP contribution in [0.5, 0.6) is 0 Å². The molecule has 1 amide bonds. The molecule has 2 N–H and O–H groups in total. The van der Waals surface area contributed by atoms with Crippen molar-refractivity contribution in [3.8, 4) is 0 Å². The Bertz CT molecular complexity index is 473. The maximum Gasteiger partial charge on any atom is 0.223 e. The number of benzene rings is 1. The van der Waals surface area contributed by atoms with Crippen LogP contribution in [-0.4, -0.2) is 23.4 Å². The highest BCUT2D eigenvalue weighted by atomic mass is 16.2. The van der Waals surface area contributed by atoms with Crippen molar-refractivity contribution < 1.29 is 4.79 Å². The predicted octanol–water partition coefficient (Wildman–Crippen LogP) is 3.26. The monoisotopic (exact) mass is 286 g/mol. The molecule has 3 atom stereocenters. The Labute approximate surface area is 127 Å². The number of nitrogens with two attached hydrogens (primary N) is 1. The maximum atomic E-state index is 12.7. The van der Waals surface area contributed by atoms with Crippen LogP contribution in [-0.2, 0) is 4.79 Å². The summed E-state index contributed by atoms with van der Waals surface area (Å²) in [5.41, 5.74) is 7.48. The summed E-state index contributed by atoms with van der Waals surface area (Å²) in [5, 5.41) is 0. The van der Waals surface area contributed by atoms with E-state index in [0.717, 1.165) is 32.2 Å². The fraction of sp³-hybridized carbons (Fsp3) is 0.611. The fourth-order valence-electron chi connectivity index (χ4n) is 3.92. The molecule has 1 heterocycles. The van der Waals surface area contributed by atoms with Crippen molar-refractivity contribution in [2.75, 3.05) is 6.54 Å². The molecule has 1 saturated heterocycles. The first-order valence-corrected chi connectivity index (χ1v) is 8.35. The Morgan fingerprint density at radius 3 is 2.62 bits per heavy atom. The van der Waals surface area contributed by atoms with Crippen molar-refractivity contribution in [3.05, 3.63) is 35.9 Å². The molecule has 0 radical (unpaired) electrons. The second-order valence-electron chi connectivity index (χ2n) is 6.57. The molecule has 2 fully saturated rings. The molecule has 1 saturated carbocycles. The highest BCUT2D eigenvalue weighted by Gasteiger charge is 2.32. The van der Waals surface area contributed by atoms with E-state index in [2.05, 4.69) is 29.2 Å². The van der Waals surface area contributed by atoms with Gasteiger partial charge in [-0.15, -0.1) is 0 Å². The number of likely N-dealkylation sites (tertiary alicyclic amines) is 1. The third kappa shape index (κ3) is 3.29. The van der Waals surface area contributed by atoms with Gasteiger partial charge in [-0.1, -0.05) is 43.2 Å². The molecule has 21 heavy (non-hydrogen) atoms. The molecular formula is C18H26N2O. The highest BCUT2D eigenvalue weighted by Crippen LogP contribution is 2.34. The lowest BCUT2D eigenvalue weighted by molar-refractivity contribution is -0.133. The molecule has 3 unspecified atom stereocenters. The van der Waals surface area contributed by atoms with Crippen LogP contribution in [0.4, 0.5) is 0 Å². The third-order valence-corrected chi connectivity index (χ3v) is 5.16. The molecule has 0 aromatic heterocycles. The van der Waals surface area contributed by atoms with E-state index < -0.39 is 0 Å².